The van der Waals surface area contributed by atoms with E-state index in [1.54, 1.807) is 6.07 Å². The standard InChI is InChI=1S/C17H22ClN5O/c1-13-11-20-23(12-13)8-4-5-19-17(24)14-9-15(18)21-16(10-14)22-6-2-3-7-22/h9-12H,2-8H2,1H3,(H,19,24). The molecule has 0 aromatic carbocycles. The van der Waals surface area contributed by atoms with E-state index in [2.05, 4.69) is 20.3 Å². The Morgan fingerprint density at radius 3 is 2.83 bits per heavy atom. The molecule has 1 N–H and O–H groups in total. The first kappa shape index (κ1) is 16.8. The first-order valence-electron chi connectivity index (χ1n) is 8.31. The second-order valence-electron chi connectivity index (χ2n) is 6.12. The van der Waals surface area contributed by atoms with Crippen LogP contribution in [0.3, 0.4) is 0 Å². The summed E-state index contributed by atoms with van der Waals surface area (Å²) in [6.07, 6.45) is 6.96. The van der Waals surface area contributed by atoms with Gasteiger partial charge in [-0.1, -0.05) is 11.6 Å². The van der Waals surface area contributed by atoms with E-state index in [9.17, 15) is 4.79 Å². The lowest BCUT2D eigenvalue weighted by atomic mass is 10.2. The summed E-state index contributed by atoms with van der Waals surface area (Å²) in [4.78, 5) is 18.8. The molecule has 2 aromatic rings. The van der Waals surface area contributed by atoms with Crippen molar-refractivity contribution in [2.45, 2.75) is 32.7 Å². The van der Waals surface area contributed by atoms with Gasteiger partial charge in [-0.25, -0.2) is 4.98 Å². The highest BCUT2D eigenvalue weighted by Crippen LogP contribution is 2.22. The number of hydrogen-bond donors (Lipinski definition) is 1. The van der Waals surface area contributed by atoms with Gasteiger partial charge in [-0.2, -0.15) is 5.10 Å². The Labute approximate surface area is 146 Å². The van der Waals surface area contributed by atoms with E-state index < -0.39 is 0 Å². The van der Waals surface area contributed by atoms with Gasteiger partial charge in [-0.15, -0.1) is 0 Å². The number of hydrogen-bond acceptors (Lipinski definition) is 4. The van der Waals surface area contributed by atoms with E-state index in [1.165, 1.54) is 0 Å². The molecule has 0 radical (unpaired) electrons. The van der Waals surface area contributed by atoms with Crippen LogP contribution in [-0.2, 0) is 6.54 Å². The summed E-state index contributed by atoms with van der Waals surface area (Å²) in [7, 11) is 0. The number of anilines is 1. The average molecular weight is 348 g/mol. The SMILES string of the molecule is Cc1cnn(CCCNC(=O)c2cc(Cl)nc(N3CCCC3)c2)c1. The van der Waals surface area contributed by atoms with Crippen molar-refractivity contribution in [3.05, 3.63) is 40.8 Å². The molecule has 3 heterocycles. The Balaban J connectivity index is 1.54. The molecule has 0 spiro atoms. The number of halogens is 1. The zero-order valence-electron chi connectivity index (χ0n) is 13.8. The van der Waals surface area contributed by atoms with E-state index >= 15 is 0 Å². The van der Waals surface area contributed by atoms with Crippen LogP contribution >= 0.6 is 11.6 Å². The minimum atomic E-state index is -0.114. The Kier molecular flexibility index (Phi) is 5.35. The molecule has 0 unspecified atom stereocenters. The summed E-state index contributed by atoms with van der Waals surface area (Å²) >= 11 is 6.09. The van der Waals surface area contributed by atoms with Gasteiger partial charge in [0.25, 0.3) is 5.91 Å². The van der Waals surface area contributed by atoms with Gasteiger partial charge in [0.1, 0.15) is 11.0 Å². The highest BCUT2D eigenvalue weighted by atomic mass is 35.5. The van der Waals surface area contributed by atoms with Crippen LogP contribution in [0.1, 0.15) is 35.2 Å². The monoisotopic (exact) mass is 347 g/mol. The van der Waals surface area contributed by atoms with Gasteiger partial charge < -0.3 is 10.2 Å². The van der Waals surface area contributed by atoms with E-state index in [1.807, 2.05) is 30.1 Å². The summed E-state index contributed by atoms with van der Waals surface area (Å²) in [5.41, 5.74) is 1.70. The lowest BCUT2D eigenvalue weighted by Gasteiger charge is -2.17. The molecule has 0 bridgehead atoms. The molecule has 3 rings (SSSR count). The molecule has 2 aromatic heterocycles. The number of amides is 1. The number of pyridine rings is 1. The Hall–Kier alpha value is -2.08. The Morgan fingerprint density at radius 2 is 2.12 bits per heavy atom. The zero-order chi connectivity index (χ0) is 16.9. The molecule has 1 aliphatic rings. The van der Waals surface area contributed by atoms with Crippen molar-refractivity contribution in [1.82, 2.24) is 20.1 Å². The fourth-order valence-corrected chi connectivity index (χ4v) is 3.06. The molecular weight excluding hydrogens is 326 g/mol. The van der Waals surface area contributed by atoms with Gasteiger partial charge in [-0.05, 0) is 43.9 Å². The third-order valence-electron chi connectivity index (χ3n) is 4.08. The first-order valence-corrected chi connectivity index (χ1v) is 8.69. The molecule has 7 heteroatoms. The summed E-state index contributed by atoms with van der Waals surface area (Å²) < 4.78 is 1.89. The second kappa shape index (κ2) is 7.66. The van der Waals surface area contributed by atoms with Crippen molar-refractivity contribution in [3.63, 3.8) is 0 Å². The molecule has 24 heavy (non-hydrogen) atoms. The molecule has 1 saturated heterocycles. The fourth-order valence-electron chi connectivity index (χ4n) is 2.86. The number of rotatable bonds is 6. The average Bonchev–Trinajstić information content (AvgIpc) is 3.22. The van der Waals surface area contributed by atoms with Crippen LogP contribution in [-0.4, -0.2) is 40.3 Å². The third kappa shape index (κ3) is 4.26. The van der Waals surface area contributed by atoms with E-state index in [-0.39, 0.29) is 5.91 Å². The lowest BCUT2D eigenvalue weighted by Crippen LogP contribution is -2.26. The van der Waals surface area contributed by atoms with E-state index in [0.29, 0.717) is 17.3 Å². The molecule has 1 fully saturated rings. The van der Waals surface area contributed by atoms with Gasteiger partial charge in [0.05, 0.1) is 6.20 Å². The number of aryl methyl sites for hydroxylation is 2. The predicted octanol–water partition coefficient (Wildman–Crippen LogP) is 2.66. The largest absolute Gasteiger partial charge is 0.357 e. The van der Waals surface area contributed by atoms with Crippen LogP contribution in [0.5, 0.6) is 0 Å². The van der Waals surface area contributed by atoms with Crippen molar-refractivity contribution in [2.24, 2.45) is 0 Å². The summed E-state index contributed by atoms with van der Waals surface area (Å²) in [6, 6.07) is 3.44. The molecule has 1 aliphatic heterocycles. The predicted molar refractivity (Wildman–Crippen MR) is 94.6 cm³/mol. The van der Waals surface area contributed by atoms with Gasteiger partial charge >= 0.3 is 0 Å². The summed E-state index contributed by atoms with van der Waals surface area (Å²) in [6.45, 7) is 5.33. The lowest BCUT2D eigenvalue weighted by molar-refractivity contribution is 0.0952. The minimum absolute atomic E-state index is 0.114. The van der Waals surface area contributed by atoms with Crippen molar-refractivity contribution < 1.29 is 4.79 Å². The molecule has 128 valence electrons. The van der Waals surface area contributed by atoms with Crippen molar-refractivity contribution in [2.75, 3.05) is 24.5 Å². The quantitative estimate of drug-likeness (QED) is 0.644. The highest BCUT2D eigenvalue weighted by molar-refractivity contribution is 6.29. The van der Waals surface area contributed by atoms with Crippen molar-refractivity contribution in [3.8, 4) is 0 Å². The van der Waals surface area contributed by atoms with Crippen LogP contribution < -0.4 is 10.2 Å². The summed E-state index contributed by atoms with van der Waals surface area (Å²) in [5.74, 6) is 0.675. The van der Waals surface area contributed by atoms with Crippen molar-refractivity contribution in [1.29, 1.82) is 0 Å². The van der Waals surface area contributed by atoms with Gasteiger partial charge in [-0.3, -0.25) is 9.48 Å². The number of nitrogens with one attached hydrogen (secondary N) is 1. The maximum atomic E-state index is 12.3. The molecule has 0 saturated carbocycles. The normalized spacial score (nSPS) is 14.2. The third-order valence-corrected chi connectivity index (χ3v) is 4.28. The second-order valence-corrected chi connectivity index (χ2v) is 6.51. The molecule has 1 amide bonds. The van der Waals surface area contributed by atoms with Crippen LogP contribution in [0.25, 0.3) is 0 Å². The van der Waals surface area contributed by atoms with Crippen LogP contribution in [0, 0.1) is 6.92 Å². The maximum absolute atomic E-state index is 12.3. The number of carbonyl (C=O) groups is 1. The maximum Gasteiger partial charge on any atom is 0.251 e. The van der Waals surface area contributed by atoms with Gasteiger partial charge in [0.15, 0.2) is 0 Å². The van der Waals surface area contributed by atoms with Crippen LogP contribution in [0.15, 0.2) is 24.5 Å². The Bertz CT molecular complexity index is 709. The van der Waals surface area contributed by atoms with Gasteiger partial charge in [0, 0.05) is 37.9 Å². The van der Waals surface area contributed by atoms with Crippen LogP contribution in [0.4, 0.5) is 5.82 Å². The van der Waals surface area contributed by atoms with Gasteiger partial charge in [0.2, 0.25) is 0 Å². The summed E-state index contributed by atoms with van der Waals surface area (Å²) in [5, 5.41) is 7.52. The Morgan fingerprint density at radius 1 is 1.33 bits per heavy atom. The van der Waals surface area contributed by atoms with E-state index in [0.717, 1.165) is 50.3 Å². The van der Waals surface area contributed by atoms with Crippen LogP contribution in [0.2, 0.25) is 5.15 Å². The highest BCUT2D eigenvalue weighted by Gasteiger charge is 2.16. The molecule has 0 atom stereocenters. The minimum Gasteiger partial charge on any atom is -0.357 e. The number of aromatic nitrogens is 3. The zero-order valence-corrected chi connectivity index (χ0v) is 14.6. The molecular formula is C17H22ClN5O. The topological polar surface area (TPSA) is 63.1 Å². The molecule has 6 nitrogen and oxygen atoms in total. The molecule has 0 aliphatic carbocycles. The number of nitrogens with zero attached hydrogens (tertiary/aromatic N) is 4. The smallest absolute Gasteiger partial charge is 0.251 e. The number of carbonyl (C=O) groups excluding carboxylic acids is 1. The van der Waals surface area contributed by atoms with Crippen molar-refractivity contribution >= 4 is 23.3 Å². The first-order chi connectivity index (χ1) is 11.6. The fraction of sp³-hybridized carbons (Fsp3) is 0.471. The van der Waals surface area contributed by atoms with E-state index in [4.69, 9.17) is 11.6 Å².